The summed E-state index contributed by atoms with van der Waals surface area (Å²) < 4.78 is 13.8. The highest BCUT2D eigenvalue weighted by molar-refractivity contribution is 5.47. The van der Waals surface area contributed by atoms with Gasteiger partial charge in [-0.05, 0) is 31.5 Å². The standard InChI is InChI=1S/C21H25N5O.C10H12N4O/c1-17-15-21(26(23-17)19-9-6-10-20(22-19)27-2)25-13-11-24(12-14-25)16-18-7-4-3-5-8-18;1-7-6-8(11)14(13-7)9-4-3-5-10(12-9)15-2/h3-10,15H,11-14,16H2,1-2H3;3-6H,11H2,1-2H3. The zero-order valence-corrected chi connectivity index (χ0v) is 24.5. The first-order chi connectivity index (χ1) is 20.4. The van der Waals surface area contributed by atoms with Gasteiger partial charge in [0.2, 0.25) is 11.8 Å². The molecule has 5 heterocycles. The zero-order valence-electron chi connectivity index (χ0n) is 24.5. The van der Waals surface area contributed by atoms with Gasteiger partial charge in [-0.1, -0.05) is 42.5 Å². The van der Waals surface area contributed by atoms with E-state index in [1.54, 1.807) is 31.0 Å². The maximum Gasteiger partial charge on any atom is 0.214 e. The van der Waals surface area contributed by atoms with Gasteiger partial charge in [0.25, 0.3) is 0 Å². The largest absolute Gasteiger partial charge is 0.481 e. The molecule has 42 heavy (non-hydrogen) atoms. The molecule has 0 unspecified atom stereocenters. The number of nitrogens with zero attached hydrogens (tertiary/aromatic N) is 8. The number of benzene rings is 1. The molecule has 0 bridgehead atoms. The number of nitrogen functional groups attached to an aromatic ring is 1. The van der Waals surface area contributed by atoms with E-state index in [4.69, 9.17) is 15.2 Å². The van der Waals surface area contributed by atoms with Gasteiger partial charge in [-0.15, -0.1) is 0 Å². The number of piperazine rings is 1. The minimum Gasteiger partial charge on any atom is -0.481 e. The number of methoxy groups -OCH3 is 2. The number of anilines is 2. The highest BCUT2D eigenvalue weighted by Gasteiger charge is 2.22. The van der Waals surface area contributed by atoms with Gasteiger partial charge in [-0.3, -0.25) is 4.90 Å². The van der Waals surface area contributed by atoms with Crippen LogP contribution in [0.2, 0.25) is 0 Å². The molecule has 11 heteroatoms. The molecule has 0 saturated carbocycles. The second-order valence-electron chi connectivity index (χ2n) is 10.0. The molecule has 0 amide bonds. The summed E-state index contributed by atoms with van der Waals surface area (Å²) in [7, 11) is 3.21. The molecule has 1 aromatic carbocycles. The molecule has 0 aliphatic carbocycles. The van der Waals surface area contributed by atoms with E-state index >= 15 is 0 Å². The summed E-state index contributed by atoms with van der Waals surface area (Å²) in [5, 5.41) is 8.89. The lowest BCUT2D eigenvalue weighted by Gasteiger charge is -2.35. The molecule has 1 aliphatic rings. The Morgan fingerprint density at radius 1 is 0.690 bits per heavy atom. The van der Waals surface area contributed by atoms with Crippen LogP contribution in [0.3, 0.4) is 0 Å². The third kappa shape index (κ3) is 6.87. The van der Waals surface area contributed by atoms with Crippen molar-refractivity contribution in [2.75, 3.05) is 51.0 Å². The van der Waals surface area contributed by atoms with Gasteiger partial charge < -0.3 is 20.1 Å². The lowest BCUT2D eigenvalue weighted by atomic mass is 10.2. The van der Waals surface area contributed by atoms with Crippen molar-refractivity contribution in [3.8, 4) is 23.4 Å². The number of hydrogen-bond acceptors (Lipinski definition) is 9. The molecule has 4 aromatic heterocycles. The lowest BCUT2D eigenvalue weighted by Crippen LogP contribution is -2.46. The van der Waals surface area contributed by atoms with E-state index in [2.05, 4.69) is 66.4 Å². The first kappa shape index (κ1) is 28.6. The van der Waals surface area contributed by atoms with E-state index in [1.165, 1.54) is 5.56 Å². The number of nitrogens with two attached hydrogens (primary N) is 1. The van der Waals surface area contributed by atoms with Crippen LogP contribution >= 0.6 is 0 Å². The molecule has 1 aliphatic heterocycles. The zero-order chi connectivity index (χ0) is 29.5. The Kier molecular flexibility index (Phi) is 8.98. The van der Waals surface area contributed by atoms with Crippen LogP contribution in [-0.4, -0.2) is 74.8 Å². The summed E-state index contributed by atoms with van der Waals surface area (Å²) in [6.45, 7) is 8.92. The fourth-order valence-electron chi connectivity index (χ4n) is 4.83. The van der Waals surface area contributed by atoms with Crippen molar-refractivity contribution in [1.29, 1.82) is 0 Å². The van der Waals surface area contributed by atoms with E-state index < -0.39 is 0 Å². The Hall–Kier alpha value is -4.90. The first-order valence-electron chi connectivity index (χ1n) is 13.9. The van der Waals surface area contributed by atoms with E-state index in [0.717, 1.165) is 55.7 Å². The number of aryl methyl sites for hydroxylation is 2. The number of pyridine rings is 2. The molecule has 1 fully saturated rings. The summed E-state index contributed by atoms with van der Waals surface area (Å²) in [6, 6.07) is 25.8. The number of hydrogen-bond donors (Lipinski definition) is 1. The van der Waals surface area contributed by atoms with Crippen LogP contribution in [0, 0.1) is 13.8 Å². The van der Waals surface area contributed by atoms with Crippen molar-refractivity contribution in [3.05, 3.63) is 95.8 Å². The van der Waals surface area contributed by atoms with Crippen LogP contribution in [-0.2, 0) is 6.54 Å². The molecule has 0 atom stereocenters. The highest BCUT2D eigenvalue weighted by atomic mass is 16.5. The van der Waals surface area contributed by atoms with Crippen LogP contribution in [0.1, 0.15) is 17.0 Å². The molecule has 6 rings (SSSR count). The molecule has 1 saturated heterocycles. The molecule has 2 N–H and O–H groups in total. The Balaban J connectivity index is 0.000000199. The van der Waals surface area contributed by atoms with Gasteiger partial charge >= 0.3 is 0 Å². The van der Waals surface area contributed by atoms with Crippen LogP contribution in [0.25, 0.3) is 11.6 Å². The van der Waals surface area contributed by atoms with E-state index in [1.807, 2.05) is 48.9 Å². The minimum atomic E-state index is 0.542. The second kappa shape index (κ2) is 13.2. The second-order valence-corrected chi connectivity index (χ2v) is 10.0. The van der Waals surface area contributed by atoms with Gasteiger partial charge in [-0.2, -0.15) is 29.5 Å². The van der Waals surface area contributed by atoms with E-state index in [-0.39, 0.29) is 0 Å². The Morgan fingerprint density at radius 2 is 1.26 bits per heavy atom. The van der Waals surface area contributed by atoms with Gasteiger partial charge in [0.15, 0.2) is 11.6 Å². The van der Waals surface area contributed by atoms with Gasteiger partial charge in [0.1, 0.15) is 11.6 Å². The molecule has 0 radical (unpaired) electrons. The fraction of sp³-hybridized carbons (Fsp3) is 0.290. The molecule has 11 nitrogen and oxygen atoms in total. The van der Waals surface area contributed by atoms with Crippen molar-refractivity contribution < 1.29 is 9.47 Å². The van der Waals surface area contributed by atoms with E-state index in [0.29, 0.717) is 23.4 Å². The molecule has 5 aromatic rings. The summed E-state index contributed by atoms with van der Waals surface area (Å²) in [5.74, 6) is 4.23. The molecular weight excluding hydrogens is 530 g/mol. The Bertz CT molecular complexity index is 1590. The SMILES string of the molecule is COc1cccc(-n2nc(C)cc2N)n1.COc1cccc(-n2nc(C)cc2N2CCN(Cc3ccccc3)CC2)n1. The fourth-order valence-corrected chi connectivity index (χ4v) is 4.83. The predicted molar refractivity (Wildman–Crippen MR) is 164 cm³/mol. The molecule has 0 spiro atoms. The van der Waals surface area contributed by atoms with Crippen molar-refractivity contribution in [2.24, 2.45) is 0 Å². The highest BCUT2D eigenvalue weighted by Crippen LogP contribution is 2.23. The maximum atomic E-state index is 5.78. The smallest absolute Gasteiger partial charge is 0.214 e. The average molecular weight is 568 g/mol. The van der Waals surface area contributed by atoms with Crippen molar-refractivity contribution in [1.82, 2.24) is 34.4 Å². The Morgan fingerprint density at radius 3 is 1.83 bits per heavy atom. The first-order valence-corrected chi connectivity index (χ1v) is 13.9. The molecular formula is C31H37N9O2. The lowest BCUT2D eigenvalue weighted by molar-refractivity contribution is 0.249. The topological polar surface area (TPSA) is 112 Å². The summed E-state index contributed by atoms with van der Waals surface area (Å²) in [6.07, 6.45) is 0. The maximum absolute atomic E-state index is 5.78. The molecule has 218 valence electrons. The van der Waals surface area contributed by atoms with Crippen LogP contribution in [0.5, 0.6) is 11.8 Å². The van der Waals surface area contributed by atoms with Crippen molar-refractivity contribution in [2.45, 2.75) is 20.4 Å². The van der Waals surface area contributed by atoms with Crippen LogP contribution < -0.4 is 20.1 Å². The van der Waals surface area contributed by atoms with E-state index in [9.17, 15) is 0 Å². The average Bonchev–Trinajstić information content (AvgIpc) is 3.59. The summed E-state index contributed by atoms with van der Waals surface area (Å²) >= 11 is 0. The van der Waals surface area contributed by atoms with Crippen molar-refractivity contribution in [3.63, 3.8) is 0 Å². The summed E-state index contributed by atoms with van der Waals surface area (Å²) in [4.78, 5) is 13.7. The van der Waals surface area contributed by atoms with Crippen molar-refractivity contribution >= 4 is 11.6 Å². The van der Waals surface area contributed by atoms with Crippen LogP contribution in [0.4, 0.5) is 11.6 Å². The number of aromatic nitrogens is 6. The third-order valence-corrected chi connectivity index (χ3v) is 6.89. The predicted octanol–water partition coefficient (Wildman–Crippen LogP) is 4.07. The monoisotopic (exact) mass is 567 g/mol. The van der Waals surface area contributed by atoms with Gasteiger partial charge in [-0.25, -0.2) is 0 Å². The van der Waals surface area contributed by atoms with Gasteiger partial charge in [0, 0.05) is 57.0 Å². The number of rotatable bonds is 7. The minimum absolute atomic E-state index is 0.542. The van der Waals surface area contributed by atoms with Crippen LogP contribution in [0.15, 0.2) is 78.9 Å². The summed E-state index contributed by atoms with van der Waals surface area (Å²) in [5.41, 5.74) is 9.00. The normalized spacial score (nSPS) is 13.4. The quantitative estimate of drug-likeness (QED) is 0.311. The number of ether oxygens (including phenoxy) is 2. The Labute approximate surface area is 246 Å². The van der Waals surface area contributed by atoms with Gasteiger partial charge in [0.05, 0.1) is 25.6 Å². The third-order valence-electron chi connectivity index (χ3n) is 6.89.